The summed E-state index contributed by atoms with van der Waals surface area (Å²) in [6.45, 7) is 1.33. The highest BCUT2D eigenvalue weighted by Crippen LogP contribution is 2.34. The van der Waals surface area contributed by atoms with Crippen LogP contribution in [0.4, 0.5) is 23.2 Å². The van der Waals surface area contributed by atoms with Crippen molar-refractivity contribution in [3.8, 4) is 11.5 Å². The van der Waals surface area contributed by atoms with Gasteiger partial charge in [0.25, 0.3) is 0 Å². The number of hydrogen-bond acceptors (Lipinski definition) is 3. The lowest BCUT2D eigenvalue weighted by Crippen LogP contribution is -2.34. The van der Waals surface area contributed by atoms with Gasteiger partial charge >= 0.3 is 6.18 Å². The van der Waals surface area contributed by atoms with Crippen molar-refractivity contribution in [2.24, 2.45) is 0 Å². The fourth-order valence-electron chi connectivity index (χ4n) is 3.79. The Kier molecular flexibility index (Phi) is 4.01. The molecule has 0 spiro atoms. The first kappa shape index (κ1) is 18.0. The summed E-state index contributed by atoms with van der Waals surface area (Å²) in [5.41, 5.74) is 2.54. The van der Waals surface area contributed by atoms with Crippen LogP contribution in [-0.2, 0) is 6.18 Å². The number of H-pyrrole nitrogens is 2. The highest BCUT2D eigenvalue weighted by atomic mass is 19.4. The third kappa shape index (κ3) is 3.20. The minimum atomic E-state index is -4.41. The second kappa shape index (κ2) is 6.47. The minimum Gasteiger partial charge on any atom is -0.371 e. The number of hydrogen-bond donors (Lipinski definition) is 2. The predicted molar refractivity (Wildman–Crippen MR) is 103 cm³/mol. The zero-order chi connectivity index (χ0) is 20.2. The topological polar surface area (TPSA) is 60.6 Å². The predicted octanol–water partition coefficient (Wildman–Crippen LogP) is 5.06. The SMILES string of the molecule is FC1CCN(c2ccc3nc(-c4n[nH]c5cc(C(F)(F)F)ccc45)[nH]c3c2)CC1. The molecule has 0 radical (unpaired) electrons. The van der Waals surface area contributed by atoms with Crippen LogP contribution in [0.3, 0.4) is 0 Å². The molecule has 3 heterocycles. The molecule has 5 nitrogen and oxygen atoms in total. The molecule has 0 aliphatic carbocycles. The Morgan fingerprint density at radius 2 is 1.79 bits per heavy atom. The lowest BCUT2D eigenvalue weighted by Gasteiger charge is -2.30. The van der Waals surface area contributed by atoms with Gasteiger partial charge in [0.2, 0.25) is 0 Å². The molecule has 0 bridgehead atoms. The summed E-state index contributed by atoms with van der Waals surface area (Å²) in [5.74, 6) is 0.477. The monoisotopic (exact) mass is 403 g/mol. The van der Waals surface area contributed by atoms with Crippen LogP contribution in [0.5, 0.6) is 0 Å². The van der Waals surface area contributed by atoms with Crippen molar-refractivity contribution in [1.29, 1.82) is 0 Å². The first-order valence-electron chi connectivity index (χ1n) is 9.33. The maximum Gasteiger partial charge on any atom is 0.416 e. The molecule has 150 valence electrons. The second-order valence-corrected chi connectivity index (χ2v) is 7.28. The van der Waals surface area contributed by atoms with E-state index < -0.39 is 17.9 Å². The second-order valence-electron chi connectivity index (χ2n) is 7.28. The summed E-state index contributed by atoms with van der Waals surface area (Å²) in [6.07, 6.45) is -4.11. The number of rotatable bonds is 2. The Hall–Kier alpha value is -3.10. The van der Waals surface area contributed by atoms with Gasteiger partial charge in [-0.2, -0.15) is 18.3 Å². The number of imidazole rings is 1. The first-order valence-corrected chi connectivity index (χ1v) is 9.33. The van der Waals surface area contributed by atoms with Gasteiger partial charge in [0.1, 0.15) is 11.9 Å². The van der Waals surface area contributed by atoms with E-state index in [9.17, 15) is 17.6 Å². The minimum absolute atomic E-state index is 0.296. The van der Waals surface area contributed by atoms with Gasteiger partial charge in [0, 0.05) is 24.2 Å². The van der Waals surface area contributed by atoms with Gasteiger partial charge in [-0.25, -0.2) is 9.37 Å². The lowest BCUT2D eigenvalue weighted by atomic mass is 10.1. The van der Waals surface area contributed by atoms with Crippen LogP contribution >= 0.6 is 0 Å². The average Bonchev–Trinajstić information content (AvgIpc) is 3.30. The number of aromatic nitrogens is 4. The Bertz CT molecular complexity index is 1180. The summed E-state index contributed by atoms with van der Waals surface area (Å²) in [7, 11) is 0. The molecule has 4 aromatic rings. The first-order chi connectivity index (χ1) is 13.9. The average molecular weight is 403 g/mol. The largest absolute Gasteiger partial charge is 0.416 e. The number of halogens is 4. The standard InChI is InChI=1S/C20H17F4N5/c21-12-5-7-29(8-6-12)13-2-4-15-17(10-13)26-19(25-15)18-14-3-1-11(20(22,23)24)9-16(14)27-28-18/h1-4,9-10,12H,5-8H2,(H,25,26)(H,27,28). The number of nitrogens with zero attached hydrogens (tertiary/aromatic N) is 3. The van der Waals surface area contributed by atoms with Crippen LogP contribution in [0.1, 0.15) is 18.4 Å². The zero-order valence-corrected chi connectivity index (χ0v) is 15.2. The highest BCUT2D eigenvalue weighted by molar-refractivity contribution is 5.93. The maximum atomic E-state index is 13.4. The Labute approximate surface area is 162 Å². The third-order valence-corrected chi connectivity index (χ3v) is 5.37. The van der Waals surface area contributed by atoms with Crippen LogP contribution in [0.25, 0.3) is 33.5 Å². The molecule has 0 saturated carbocycles. The Balaban J connectivity index is 1.50. The van der Waals surface area contributed by atoms with Crippen LogP contribution in [0.15, 0.2) is 36.4 Å². The molecule has 1 aliphatic rings. The van der Waals surface area contributed by atoms with E-state index in [1.54, 1.807) is 0 Å². The molecule has 0 atom stereocenters. The third-order valence-electron chi connectivity index (χ3n) is 5.37. The zero-order valence-electron chi connectivity index (χ0n) is 15.2. The normalized spacial score (nSPS) is 16.2. The molecular weight excluding hydrogens is 386 g/mol. The summed E-state index contributed by atoms with van der Waals surface area (Å²) >= 11 is 0. The molecule has 0 unspecified atom stereocenters. The van der Waals surface area contributed by atoms with Crippen molar-refractivity contribution in [1.82, 2.24) is 20.2 Å². The number of benzene rings is 2. The van der Waals surface area contributed by atoms with E-state index in [2.05, 4.69) is 25.1 Å². The quantitative estimate of drug-likeness (QED) is 0.460. The molecule has 29 heavy (non-hydrogen) atoms. The number of aromatic amines is 2. The van der Waals surface area contributed by atoms with Gasteiger partial charge in [-0.15, -0.1) is 0 Å². The number of piperidine rings is 1. The number of fused-ring (bicyclic) bond motifs is 2. The van der Waals surface area contributed by atoms with Gasteiger partial charge in [-0.05, 0) is 49.2 Å². The molecule has 1 fully saturated rings. The van der Waals surface area contributed by atoms with E-state index in [-0.39, 0.29) is 0 Å². The van der Waals surface area contributed by atoms with E-state index in [0.717, 1.165) is 28.9 Å². The van der Waals surface area contributed by atoms with Gasteiger partial charge in [-0.3, -0.25) is 5.10 Å². The van der Waals surface area contributed by atoms with Crippen molar-refractivity contribution < 1.29 is 17.6 Å². The summed E-state index contributed by atoms with van der Waals surface area (Å²) in [6, 6.07) is 9.27. The number of alkyl halides is 4. The molecule has 1 saturated heterocycles. The molecule has 2 N–H and O–H groups in total. The summed E-state index contributed by atoms with van der Waals surface area (Å²) in [4.78, 5) is 9.88. The maximum absolute atomic E-state index is 13.4. The summed E-state index contributed by atoms with van der Waals surface area (Å²) in [5, 5.41) is 7.38. The van der Waals surface area contributed by atoms with Gasteiger partial charge in [-0.1, -0.05) is 0 Å². The summed E-state index contributed by atoms with van der Waals surface area (Å²) < 4.78 is 52.1. The van der Waals surface area contributed by atoms with E-state index in [1.165, 1.54) is 6.07 Å². The van der Waals surface area contributed by atoms with Crippen molar-refractivity contribution in [3.05, 3.63) is 42.0 Å². The van der Waals surface area contributed by atoms with Gasteiger partial charge < -0.3 is 9.88 Å². The fourth-order valence-corrected chi connectivity index (χ4v) is 3.79. The van der Waals surface area contributed by atoms with Gasteiger partial charge in [0.15, 0.2) is 5.82 Å². The van der Waals surface area contributed by atoms with Crippen molar-refractivity contribution in [2.45, 2.75) is 25.2 Å². The van der Waals surface area contributed by atoms with Crippen LogP contribution in [0.2, 0.25) is 0 Å². The van der Waals surface area contributed by atoms with Crippen molar-refractivity contribution in [3.63, 3.8) is 0 Å². The van der Waals surface area contributed by atoms with Crippen molar-refractivity contribution >= 4 is 27.6 Å². The lowest BCUT2D eigenvalue weighted by molar-refractivity contribution is -0.137. The molecule has 2 aromatic carbocycles. The van der Waals surface area contributed by atoms with E-state index >= 15 is 0 Å². The molecule has 1 aliphatic heterocycles. The van der Waals surface area contributed by atoms with E-state index in [1.807, 2.05) is 18.2 Å². The number of nitrogens with one attached hydrogen (secondary N) is 2. The van der Waals surface area contributed by atoms with Crippen LogP contribution < -0.4 is 4.90 Å². The fraction of sp³-hybridized carbons (Fsp3) is 0.300. The number of anilines is 1. The Morgan fingerprint density at radius 3 is 2.55 bits per heavy atom. The Morgan fingerprint density at radius 1 is 1.00 bits per heavy atom. The highest BCUT2D eigenvalue weighted by Gasteiger charge is 2.31. The smallest absolute Gasteiger partial charge is 0.371 e. The molecule has 0 amide bonds. The molecule has 5 rings (SSSR count). The van der Waals surface area contributed by atoms with Crippen molar-refractivity contribution in [2.75, 3.05) is 18.0 Å². The van der Waals surface area contributed by atoms with Gasteiger partial charge in [0.05, 0.1) is 22.1 Å². The molecule has 2 aromatic heterocycles. The van der Waals surface area contributed by atoms with Crippen LogP contribution in [-0.4, -0.2) is 39.4 Å². The van der Waals surface area contributed by atoms with Crippen LogP contribution in [0, 0.1) is 0 Å². The molecular formula is C20H17F4N5. The molecule has 9 heteroatoms. The van der Waals surface area contributed by atoms with E-state index in [4.69, 9.17) is 0 Å². The van der Waals surface area contributed by atoms with E-state index in [0.29, 0.717) is 48.4 Å².